The van der Waals surface area contributed by atoms with Crippen molar-refractivity contribution in [2.75, 3.05) is 10.6 Å². The second-order valence-electron chi connectivity index (χ2n) is 5.81. The van der Waals surface area contributed by atoms with Gasteiger partial charge in [-0.1, -0.05) is 41.1 Å². The van der Waals surface area contributed by atoms with Crippen molar-refractivity contribution in [2.24, 2.45) is 5.92 Å². The highest BCUT2D eigenvalue weighted by Gasteiger charge is 2.12. The summed E-state index contributed by atoms with van der Waals surface area (Å²) in [5.41, 5.74) is 1.40. The largest absolute Gasteiger partial charge is 0.426 e. The van der Waals surface area contributed by atoms with Crippen LogP contribution >= 0.6 is 27.3 Å². The fourth-order valence-corrected chi connectivity index (χ4v) is 3.20. The second kappa shape index (κ2) is 7.84. The minimum Gasteiger partial charge on any atom is -0.426 e. The smallest absolute Gasteiger partial charge is 0.325 e. The summed E-state index contributed by atoms with van der Waals surface area (Å²) in [6, 6.07) is 12.1. The summed E-state index contributed by atoms with van der Waals surface area (Å²) in [6.45, 7) is 3.55. The maximum Gasteiger partial charge on any atom is 0.325 e. The molecule has 3 rings (SSSR count). The fourth-order valence-electron chi connectivity index (χ4n) is 2.05. The first-order valence-electron chi connectivity index (χ1n) is 7.86. The number of aromatic nitrogens is 1. The second-order valence-corrected chi connectivity index (χ2v) is 7.76. The van der Waals surface area contributed by atoms with Crippen LogP contribution in [0.25, 0.3) is 10.2 Å². The molecular weight excluding hydrogens is 418 g/mol. The van der Waals surface area contributed by atoms with Gasteiger partial charge in [-0.2, -0.15) is 0 Å². The third-order valence-corrected chi connectivity index (χ3v) is 4.83. The monoisotopic (exact) mass is 433 g/mol. The van der Waals surface area contributed by atoms with Crippen LogP contribution in [0.5, 0.6) is 5.75 Å². The molecule has 2 aromatic carbocycles. The molecule has 2 N–H and O–H groups in total. The molecule has 0 saturated carbocycles. The van der Waals surface area contributed by atoms with Gasteiger partial charge in [0.2, 0.25) is 0 Å². The number of hydrogen-bond donors (Lipinski definition) is 2. The van der Waals surface area contributed by atoms with Crippen molar-refractivity contribution < 1.29 is 14.3 Å². The number of urea groups is 1. The van der Waals surface area contributed by atoms with Crippen molar-refractivity contribution in [3.05, 3.63) is 46.9 Å². The van der Waals surface area contributed by atoms with Crippen LogP contribution in [0.1, 0.15) is 13.8 Å². The van der Waals surface area contributed by atoms with Gasteiger partial charge in [-0.15, -0.1) is 0 Å². The SMILES string of the molecule is CC(C)C(=O)Oc1ccc2nc(NC(=O)Nc3ccc(Br)cc3)sc2c1. The van der Waals surface area contributed by atoms with Crippen LogP contribution in [0.4, 0.5) is 15.6 Å². The Hall–Kier alpha value is -2.45. The molecule has 0 bridgehead atoms. The number of benzene rings is 2. The number of thiazole rings is 1. The van der Waals surface area contributed by atoms with Crippen LogP contribution in [0.3, 0.4) is 0 Å². The predicted molar refractivity (Wildman–Crippen MR) is 107 cm³/mol. The van der Waals surface area contributed by atoms with Gasteiger partial charge in [0, 0.05) is 16.2 Å². The zero-order valence-corrected chi connectivity index (χ0v) is 16.5. The number of fused-ring (bicyclic) bond motifs is 1. The van der Waals surface area contributed by atoms with E-state index in [2.05, 4.69) is 31.5 Å². The van der Waals surface area contributed by atoms with Crippen LogP contribution in [-0.2, 0) is 4.79 Å². The lowest BCUT2D eigenvalue weighted by atomic mass is 10.2. The van der Waals surface area contributed by atoms with Gasteiger partial charge in [-0.25, -0.2) is 9.78 Å². The zero-order chi connectivity index (χ0) is 18.7. The van der Waals surface area contributed by atoms with Gasteiger partial charge < -0.3 is 10.1 Å². The molecule has 6 nitrogen and oxygen atoms in total. The first kappa shape index (κ1) is 18.3. The third-order valence-electron chi connectivity index (χ3n) is 3.37. The van der Waals surface area contributed by atoms with Gasteiger partial charge in [0.25, 0.3) is 0 Å². The number of halogens is 1. The molecular formula is C18H16BrN3O3S. The van der Waals surface area contributed by atoms with E-state index in [0.717, 1.165) is 14.7 Å². The maximum absolute atomic E-state index is 12.1. The van der Waals surface area contributed by atoms with Gasteiger partial charge in [0.15, 0.2) is 5.13 Å². The Bertz CT molecular complexity index is 954. The van der Waals surface area contributed by atoms with E-state index in [1.165, 1.54) is 11.3 Å². The molecule has 0 aliphatic rings. The lowest BCUT2D eigenvalue weighted by molar-refractivity contribution is -0.137. The predicted octanol–water partition coefficient (Wildman–Crippen LogP) is 5.26. The first-order chi connectivity index (χ1) is 12.4. The number of esters is 1. The molecule has 0 aliphatic carbocycles. The summed E-state index contributed by atoms with van der Waals surface area (Å²) in [6.07, 6.45) is 0. The van der Waals surface area contributed by atoms with Crippen LogP contribution in [-0.4, -0.2) is 17.0 Å². The van der Waals surface area contributed by atoms with E-state index in [0.29, 0.717) is 16.6 Å². The minimum atomic E-state index is -0.377. The summed E-state index contributed by atoms with van der Waals surface area (Å²) >= 11 is 4.65. The number of hydrogen-bond acceptors (Lipinski definition) is 5. The molecule has 0 fully saturated rings. The van der Waals surface area contributed by atoms with Gasteiger partial charge in [0.05, 0.1) is 16.1 Å². The van der Waals surface area contributed by atoms with E-state index in [4.69, 9.17) is 4.74 Å². The van der Waals surface area contributed by atoms with E-state index in [-0.39, 0.29) is 17.9 Å². The van der Waals surface area contributed by atoms with Crippen LogP contribution < -0.4 is 15.4 Å². The number of rotatable bonds is 4. The molecule has 0 spiro atoms. The summed E-state index contributed by atoms with van der Waals surface area (Å²) in [4.78, 5) is 28.1. The molecule has 26 heavy (non-hydrogen) atoms. The average Bonchev–Trinajstić information content (AvgIpc) is 2.98. The van der Waals surface area contributed by atoms with Crippen LogP contribution in [0, 0.1) is 5.92 Å². The molecule has 0 saturated heterocycles. The number of carbonyl (C=O) groups excluding carboxylic acids is 2. The van der Waals surface area contributed by atoms with E-state index >= 15 is 0 Å². The van der Waals surface area contributed by atoms with Gasteiger partial charge in [-0.05, 0) is 36.4 Å². The quantitative estimate of drug-likeness (QED) is 0.434. The van der Waals surface area contributed by atoms with Gasteiger partial charge >= 0.3 is 12.0 Å². The highest BCUT2D eigenvalue weighted by Crippen LogP contribution is 2.29. The number of amides is 2. The van der Waals surface area contributed by atoms with E-state index in [1.807, 2.05) is 12.1 Å². The zero-order valence-electron chi connectivity index (χ0n) is 14.1. The Morgan fingerprint density at radius 1 is 1.12 bits per heavy atom. The van der Waals surface area contributed by atoms with Crippen molar-refractivity contribution in [1.29, 1.82) is 0 Å². The summed E-state index contributed by atoms with van der Waals surface area (Å²) in [5.74, 6) is -0.0292. The number of nitrogens with one attached hydrogen (secondary N) is 2. The normalized spacial score (nSPS) is 10.8. The van der Waals surface area contributed by atoms with Crippen molar-refractivity contribution in [3.8, 4) is 5.75 Å². The molecule has 3 aromatic rings. The Kier molecular flexibility index (Phi) is 5.53. The topological polar surface area (TPSA) is 80.3 Å². The first-order valence-corrected chi connectivity index (χ1v) is 9.47. The number of nitrogens with zero attached hydrogens (tertiary/aromatic N) is 1. The number of anilines is 2. The molecule has 2 amide bonds. The molecule has 0 aliphatic heterocycles. The van der Waals surface area contributed by atoms with E-state index < -0.39 is 0 Å². The van der Waals surface area contributed by atoms with Gasteiger partial charge in [-0.3, -0.25) is 10.1 Å². The van der Waals surface area contributed by atoms with E-state index in [9.17, 15) is 9.59 Å². The Labute approximate surface area is 162 Å². The fraction of sp³-hybridized carbons (Fsp3) is 0.167. The molecule has 0 radical (unpaired) electrons. The Morgan fingerprint density at radius 2 is 1.85 bits per heavy atom. The highest BCUT2D eigenvalue weighted by atomic mass is 79.9. The lowest BCUT2D eigenvalue weighted by Gasteiger charge is -2.05. The molecule has 1 aromatic heterocycles. The van der Waals surface area contributed by atoms with Crippen molar-refractivity contribution >= 4 is 60.3 Å². The van der Waals surface area contributed by atoms with Gasteiger partial charge in [0.1, 0.15) is 5.75 Å². The van der Waals surface area contributed by atoms with Crippen molar-refractivity contribution in [3.63, 3.8) is 0 Å². The third kappa shape index (κ3) is 4.59. The number of carbonyl (C=O) groups is 2. The van der Waals surface area contributed by atoms with Crippen molar-refractivity contribution in [1.82, 2.24) is 4.98 Å². The Morgan fingerprint density at radius 3 is 2.54 bits per heavy atom. The summed E-state index contributed by atoms with van der Waals surface area (Å²) in [5, 5.41) is 5.91. The van der Waals surface area contributed by atoms with Crippen LogP contribution in [0.15, 0.2) is 46.9 Å². The summed E-state index contributed by atoms with van der Waals surface area (Å²) < 4.78 is 7.05. The average molecular weight is 434 g/mol. The Balaban J connectivity index is 1.69. The van der Waals surface area contributed by atoms with Crippen LogP contribution in [0.2, 0.25) is 0 Å². The minimum absolute atomic E-state index is 0.202. The lowest BCUT2D eigenvalue weighted by Crippen LogP contribution is -2.19. The van der Waals surface area contributed by atoms with Crippen molar-refractivity contribution in [2.45, 2.75) is 13.8 Å². The molecule has 1 heterocycles. The molecule has 134 valence electrons. The molecule has 0 atom stereocenters. The summed E-state index contributed by atoms with van der Waals surface area (Å²) in [7, 11) is 0. The standard InChI is InChI=1S/C18H16BrN3O3S/c1-10(2)16(23)25-13-7-8-14-15(9-13)26-18(21-14)22-17(24)20-12-5-3-11(19)4-6-12/h3-10H,1-2H3,(H2,20,21,22,24). The molecule has 8 heteroatoms. The molecule has 0 unspecified atom stereocenters. The maximum atomic E-state index is 12.1. The number of ether oxygens (including phenoxy) is 1. The van der Waals surface area contributed by atoms with E-state index in [1.54, 1.807) is 44.2 Å². The highest BCUT2D eigenvalue weighted by molar-refractivity contribution is 9.10.